The molecule has 1 saturated carbocycles. The topological polar surface area (TPSA) is 43.9 Å². The van der Waals surface area contributed by atoms with Crippen LogP contribution in [0.25, 0.3) is 0 Å². The highest BCUT2D eigenvalue weighted by atomic mass is 16.2. The Kier molecular flexibility index (Phi) is 6.03. The Morgan fingerprint density at radius 1 is 1.00 bits per heavy atom. The zero-order valence-electron chi connectivity index (χ0n) is 13.5. The Morgan fingerprint density at radius 3 is 2.05 bits per heavy atom. The van der Waals surface area contributed by atoms with Gasteiger partial charge in [-0.05, 0) is 25.7 Å². The van der Waals surface area contributed by atoms with Crippen LogP contribution in [-0.4, -0.2) is 72.3 Å². The third kappa shape index (κ3) is 4.70. The first kappa shape index (κ1) is 16.3. The average molecular weight is 295 g/mol. The number of nitrogens with zero attached hydrogens (tertiary/aromatic N) is 3. The van der Waals surface area contributed by atoms with Gasteiger partial charge < -0.3 is 9.80 Å². The summed E-state index contributed by atoms with van der Waals surface area (Å²) in [4.78, 5) is 30.5. The molecule has 0 atom stereocenters. The van der Waals surface area contributed by atoms with E-state index in [0.717, 1.165) is 65.0 Å². The smallest absolute Gasteiger partial charge is 0.236 e. The van der Waals surface area contributed by atoms with Crippen molar-refractivity contribution in [3.63, 3.8) is 0 Å². The molecule has 0 aromatic rings. The summed E-state index contributed by atoms with van der Waals surface area (Å²) < 4.78 is 0. The summed E-state index contributed by atoms with van der Waals surface area (Å²) in [6.07, 6.45) is 4.16. The second-order valence-corrected chi connectivity index (χ2v) is 6.26. The maximum atomic E-state index is 12.3. The lowest BCUT2D eigenvalue weighted by Crippen LogP contribution is -2.52. The molecule has 21 heavy (non-hydrogen) atoms. The van der Waals surface area contributed by atoms with Crippen LogP contribution in [0.1, 0.15) is 39.5 Å². The largest absolute Gasteiger partial charge is 0.342 e. The SMILES string of the molecule is CCCN(CCC)C(=O)CN1CCN(C(=O)C2CC2)CC1. The van der Waals surface area contributed by atoms with Crippen LogP contribution in [0, 0.1) is 5.92 Å². The molecule has 0 radical (unpaired) electrons. The lowest BCUT2D eigenvalue weighted by atomic mass is 10.2. The second-order valence-electron chi connectivity index (χ2n) is 6.26. The highest BCUT2D eigenvalue weighted by molar-refractivity contribution is 5.81. The van der Waals surface area contributed by atoms with Crippen LogP contribution >= 0.6 is 0 Å². The van der Waals surface area contributed by atoms with E-state index in [2.05, 4.69) is 18.7 Å². The van der Waals surface area contributed by atoms with E-state index in [1.165, 1.54) is 0 Å². The molecule has 2 amide bonds. The first-order chi connectivity index (χ1) is 10.2. The minimum Gasteiger partial charge on any atom is -0.342 e. The number of piperazine rings is 1. The van der Waals surface area contributed by atoms with E-state index in [0.29, 0.717) is 18.4 Å². The Balaban J connectivity index is 1.73. The minimum atomic E-state index is 0.237. The first-order valence-electron chi connectivity index (χ1n) is 8.44. The van der Waals surface area contributed by atoms with Gasteiger partial charge >= 0.3 is 0 Å². The summed E-state index contributed by atoms with van der Waals surface area (Å²) >= 11 is 0. The summed E-state index contributed by atoms with van der Waals surface area (Å²) in [5.74, 6) is 0.878. The van der Waals surface area contributed by atoms with Crippen molar-refractivity contribution >= 4 is 11.8 Å². The van der Waals surface area contributed by atoms with Gasteiger partial charge in [-0.1, -0.05) is 13.8 Å². The van der Waals surface area contributed by atoms with Crippen molar-refractivity contribution in [2.75, 3.05) is 45.8 Å². The van der Waals surface area contributed by atoms with Gasteiger partial charge in [0.25, 0.3) is 0 Å². The Labute approximate surface area is 128 Å². The summed E-state index contributed by atoms with van der Waals surface area (Å²) in [7, 11) is 0. The predicted octanol–water partition coefficient (Wildman–Crippen LogP) is 1.19. The highest BCUT2D eigenvalue weighted by Gasteiger charge is 2.34. The van der Waals surface area contributed by atoms with Gasteiger partial charge in [-0.15, -0.1) is 0 Å². The zero-order chi connectivity index (χ0) is 15.2. The molecule has 1 aliphatic heterocycles. The fraction of sp³-hybridized carbons (Fsp3) is 0.875. The average Bonchev–Trinajstić information content (AvgIpc) is 3.32. The van der Waals surface area contributed by atoms with Crippen molar-refractivity contribution in [3.05, 3.63) is 0 Å². The van der Waals surface area contributed by atoms with Crippen molar-refractivity contribution in [3.8, 4) is 0 Å². The molecular weight excluding hydrogens is 266 g/mol. The molecule has 5 heteroatoms. The maximum Gasteiger partial charge on any atom is 0.236 e. The lowest BCUT2D eigenvalue weighted by molar-refractivity contribution is -0.136. The number of amides is 2. The fourth-order valence-electron chi connectivity index (χ4n) is 2.91. The molecule has 0 aromatic heterocycles. The Bertz CT molecular complexity index is 355. The predicted molar refractivity (Wildman–Crippen MR) is 82.9 cm³/mol. The van der Waals surface area contributed by atoms with Crippen LogP contribution in [0.5, 0.6) is 0 Å². The number of carbonyl (C=O) groups excluding carboxylic acids is 2. The van der Waals surface area contributed by atoms with E-state index in [1.807, 2.05) is 9.80 Å². The van der Waals surface area contributed by atoms with Gasteiger partial charge in [0.1, 0.15) is 0 Å². The number of rotatable bonds is 7. The van der Waals surface area contributed by atoms with Crippen molar-refractivity contribution in [2.24, 2.45) is 5.92 Å². The van der Waals surface area contributed by atoms with Crippen molar-refractivity contribution in [1.82, 2.24) is 14.7 Å². The standard InChI is InChI=1S/C16H29N3O2/c1-3-7-18(8-4-2)15(20)13-17-9-11-19(12-10-17)16(21)14-5-6-14/h14H,3-13H2,1-2H3. The molecule has 2 aliphatic rings. The summed E-state index contributed by atoms with van der Waals surface area (Å²) in [5, 5.41) is 0. The monoisotopic (exact) mass is 295 g/mol. The third-order valence-electron chi connectivity index (χ3n) is 4.31. The summed E-state index contributed by atoms with van der Waals surface area (Å²) in [6, 6.07) is 0. The van der Waals surface area contributed by atoms with Gasteiger partial charge in [-0.3, -0.25) is 14.5 Å². The van der Waals surface area contributed by atoms with E-state index >= 15 is 0 Å². The maximum absolute atomic E-state index is 12.3. The van der Waals surface area contributed by atoms with Gasteiger partial charge in [0, 0.05) is 45.2 Å². The molecule has 5 nitrogen and oxygen atoms in total. The first-order valence-corrected chi connectivity index (χ1v) is 8.44. The van der Waals surface area contributed by atoms with Crippen LogP contribution in [-0.2, 0) is 9.59 Å². The van der Waals surface area contributed by atoms with Crippen molar-refractivity contribution < 1.29 is 9.59 Å². The van der Waals surface area contributed by atoms with Crippen LogP contribution in [0.2, 0.25) is 0 Å². The van der Waals surface area contributed by atoms with Gasteiger partial charge in [0.2, 0.25) is 11.8 Å². The molecule has 2 rings (SSSR count). The number of hydrogen-bond donors (Lipinski definition) is 0. The van der Waals surface area contributed by atoms with Gasteiger partial charge in [-0.2, -0.15) is 0 Å². The zero-order valence-corrected chi connectivity index (χ0v) is 13.5. The molecule has 120 valence electrons. The molecule has 0 spiro atoms. The molecule has 0 aromatic carbocycles. The minimum absolute atomic E-state index is 0.237. The van der Waals surface area contributed by atoms with Gasteiger partial charge in [0.05, 0.1) is 6.54 Å². The van der Waals surface area contributed by atoms with E-state index in [-0.39, 0.29) is 5.91 Å². The molecule has 0 unspecified atom stereocenters. The van der Waals surface area contributed by atoms with Crippen LogP contribution in [0.15, 0.2) is 0 Å². The molecule has 0 N–H and O–H groups in total. The van der Waals surface area contributed by atoms with Crippen molar-refractivity contribution in [1.29, 1.82) is 0 Å². The second kappa shape index (κ2) is 7.78. The number of carbonyl (C=O) groups is 2. The van der Waals surface area contributed by atoms with Crippen LogP contribution < -0.4 is 0 Å². The fourth-order valence-corrected chi connectivity index (χ4v) is 2.91. The van der Waals surface area contributed by atoms with E-state index < -0.39 is 0 Å². The Hall–Kier alpha value is -1.10. The molecule has 0 bridgehead atoms. The Morgan fingerprint density at radius 2 is 1.57 bits per heavy atom. The highest BCUT2D eigenvalue weighted by Crippen LogP contribution is 2.31. The van der Waals surface area contributed by atoms with E-state index in [9.17, 15) is 9.59 Å². The lowest BCUT2D eigenvalue weighted by Gasteiger charge is -2.35. The van der Waals surface area contributed by atoms with Crippen LogP contribution in [0.4, 0.5) is 0 Å². The summed E-state index contributed by atoms with van der Waals surface area (Å²) in [6.45, 7) is 9.66. The van der Waals surface area contributed by atoms with E-state index in [1.54, 1.807) is 0 Å². The normalized spacial score (nSPS) is 19.6. The van der Waals surface area contributed by atoms with Gasteiger partial charge in [-0.25, -0.2) is 0 Å². The van der Waals surface area contributed by atoms with Crippen molar-refractivity contribution in [2.45, 2.75) is 39.5 Å². The van der Waals surface area contributed by atoms with Gasteiger partial charge in [0.15, 0.2) is 0 Å². The molecule has 1 aliphatic carbocycles. The molecule has 2 fully saturated rings. The third-order valence-corrected chi connectivity index (χ3v) is 4.31. The molecule has 1 saturated heterocycles. The molecule has 1 heterocycles. The van der Waals surface area contributed by atoms with Crippen LogP contribution in [0.3, 0.4) is 0 Å². The number of hydrogen-bond acceptors (Lipinski definition) is 3. The van der Waals surface area contributed by atoms with E-state index in [4.69, 9.17) is 0 Å². The molecular formula is C16H29N3O2. The summed E-state index contributed by atoms with van der Waals surface area (Å²) in [5.41, 5.74) is 0. The quantitative estimate of drug-likeness (QED) is 0.708.